The van der Waals surface area contributed by atoms with Crippen molar-refractivity contribution in [3.63, 3.8) is 0 Å². The molecule has 0 radical (unpaired) electrons. The maximum Gasteiger partial charge on any atom is 0.256 e. The van der Waals surface area contributed by atoms with Gasteiger partial charge in [-0.3, -0.25) is 4.79 Å². The van der Waals surface area contributed by atoms with Crippen molar-refractivity contribution in [3.8, 4) is 5.75 Å². The number of carbonyl (C=O) groups excluding carboxylic acids is 1. The van der Waals surface area contributed by atoms with Crippen LogP contribution < -0.4 is 15.4 Å². The zero-order valence-electron chi connectivity index (χ0n) is 12.4. The van der Waals surface area contributed by atoms with Crippen LogP contribution in [0.5, 0.6) is 5.75 Å². The fraction of sp³-hybridized carbons (Fsp3) is 0.333. The summed E-state index contributed by atoms with van der Waals surface area (Å²) in [5.41, 5.74) is 2.55. The van der Waals surface area contributed by atoms with E-state index in [1.165, 1.54) is 11.5 Å². The van der Waals surface area contributed by atoms with Crippen molar-refractivity contribution in [3.05, 3.63) is 41.1 Å². The van der Waals surface area contributed by atoms with Crippen LogP contribution in [0.25, 0.3) is 0 Å². The smallest absolute Gasteiger partial charge is 0.256 e. The van der Waals surface area contributed by atoms with Gasteiger partial charge in [-0.1, -0.05) is 12.1 Å². The van der Waals surface area contributed by atoms with Crippen molar-refractivity contribution in [1.82, 2.24) is 9.69 Å². The second-order valence-electron chi connectivity index (χ2n) is 4.58. The van der Waals surface area contributed by atoms with E-state index in [2.05, 4.69) is 15.0 Å². The van der Waals surface area contributed by atoms with Crippen LogP contribution in [0, 0.1) is 6.92 Å². The highest BCUT2D eigenvalue weighted by atomic mass is 32.1. The fourth-order valence-corrected chi connectivity index (χ4v) is 2.75. The molecule has 0 fully saturated rings. The number of aromatic nitrogens is 1. The third kappa shape index (κ3) is 3.72. The number of benzene rings is 1. The summed E-state index contributed by atoms with van der Waals surface area (Å²) >= 11 is 1.30. The number of ether oxygens (including phenoxy) is 1. The van der Waals surface area contributed by atoms with E-state index in [1.807, 2.05) is 31.2 Å². The van der Waals surface area contributed by atoms with E-state index in [1.54, 1.807) is 14.2 Å². The third-order valence-corrected chi connectivity index (χ3v) is 4.13. The van der Waals surface area contributed by atoms with Crippen LogP contribution in [0.4, 0.5) is 5.00 Å². The van der Waals surface area contributed by atoms with Crippen LogP contribution in [0.1, 0.15) is 21.6 Å². The van der Waals surface area contributed by atoms with E-state index in [4.69, 9.17) is 4.74 Å². The van der Waals surface area contributed by atoms with Crippen molar-refractivity contribution in [2.45, 2.75) is 13.3 Å². The lowest BCUT2D eigenvalue weighted by Crippen LogP contribution is -2.26. The van der Waals surface area contributed by atoms with Crippen LogP contribution in [0.15, 0.2) is 24.3 Å². The first kappa shape index (κ1) is 15.3. The highest BCUT2D eigenvalue weighted by molar-refractivity contribution is 7.10. The molecule has 0 saturated heterocycles. The predicted molar refractivity (Wildman–Crippen MR) is 85.4 cm³/mol. The number of aryl methyl sites for hydroxylation is 1. The van der Waals surface area contributed by atoms with Crippen molar-refractivity contribution >= 4 is 22.4 Å². The van der Waals surface area contributed by atoms with E-state index in [9.17, 15) is 4.79 Å². The lowest BCUT2D eigenvalue weighted by molar-refractivity contribution is 0.0954. The normalized spacial score (nSPS) is 10.2. The zero-order valence-corrected chi connectivity index (χ0v) is 13.2. The molecule has 0 saturated carbocycles. The van der Waals surface area contributed by atoms with Gasteiger partial charge in [0.25, 0.3) is 5.91 Å². The van der Waals surface area contributed by atoms with Crippen LogP contribution in [-0.2, 0) is 6.42 Å². The average Bonchev–Trinajstić information content (AvgIpc) is 2.89. The van der Waals surface area contributed by atoms with Gasteiger partial charge in [0.2, 0.25) is 0 Å². The summed E-state index contributed by atoms with van der Waals surface area (Å²) in [6.07, 6.45) is 0.779. The zero-order chi connectivity index (χ0) is 15.2. The molecule has 21 heavy (non-hydrogen) atoms. The molecule has 2 N–H and O–H groups in total. The molecule has 5 nitrogen and oxygen atoms in total. The molecule has 0 aliphatic heterocycles. The van der Waals surface area contributed by atoms with Crippen molar-refractivity contribution in [2.24, 2.45) is 0 Å². The van der Waals surface area contributed by atoms with E-state index < -0.39 is 0 Å². The molecule has 0 atom stereocenters. The van der Waals surface area contributed by atoms with Crippen LogP contribution in [0.2, 0.25) is 0 Å². The number of amides is 1. The fourth-order valence-electron chi connectivity index (χ4n) is 2.01. The lowest BCUT2D eigenvalue weighted by atomic mass is 10.1. The third-order valence-electron chi connectivity index (χ3n) is 3.18. The second kappa shape index (κ2) is 7.08. The summed E-state index contributed by atoms with van der Waals surface area (Å²) in [4.78, 5) is 12.2. The van der Waals surface area contributed by atoms with Gasteiger partial charge < -0.3 is 15.4 Å². The van der Waals surface area contributed by atoms with E-state index in [-0.39, 0.29) is 5.91 Å². The quantitative estimate of drug-likeness (QED) is 0.860. The number of methoxy groups -OCH3 is 1. The Morgan fingerprint density at radius 1 is 1.33 bits per heavy atom. The summed E-state index contributed by atoms with van der Waals surface area (Å²) in [6, 6.07) is 7.84. The number of carbonyl (C=O) groups is 1. The Morgan fingerprint density at radius 2 is 2.05 bits per heavy atom. The number of hydrogen-bond acceptors (Lipinski definition) is 5. The summed E-state index contributed by atoms with van der Waals surface area (Å²) in [7, 11) is 3.44. The molecule has 1 heterocycles. The van der Waals surface area contributed by atoms with E-state index in [0.29, 0.717) is 12.1 Å². The monoisotopic (exact) mass is 305 g/mol. The molecular formula is C15H19N3O2S. The van der Waals surface area contributed by atoms with Crippen molar-refractivity contribution in [1.29, 1.82) is 0 Å². The molecule has 2 rings (SSSR count). The van der Waals surface area contributed by atoms with Crippen LogP contribution >= 0.6 is 11.5 Å². The summed E-state index contributed by atoms with van der Waals surface area (Å²) in [5.74, 6) is 0.750. The topological polar surface area (TPSA) is 63.2 Å². The van der Waals surface area contributed by atoms with E-state index in [0.717, 1.165) is 28.4 Å². The van der Waals surface area contributed by atoms with Gasteiger partial charge >= 0.3 is 0 Å². The van der Waals surface area contributed by atoms with Gasteiger partial charge in [-0.15, -0.1) is 0 Å². The average molecular weight is 305 g/mol. The minimum absolute atomic E-state index is 0.0842. The SMILES string of the molecule is CNc1snc(C)c1C(=O)NCCc1ccc(OC)cc1. The molecule has 1 aromatic heterocycles. The second-order valence-corrected chi connectivity index (χ2v) is 5.35. The molecule has 0 aliphatic carbocycles. The highest BCUT2D eigenvalue weighted by Crippen LogP contribution is 2.23. The molecule has 0 unspecified atom stereocenters. The van der Waals surface area contributed by atoms with Gasteiger partial charge in [0, 0.05) is 13.6 Å². The lowest BCUT2D eigenvalue weighted by Gasteiger charge is -2.07. The van der Waals surface area contributed by atoms with Crippen molar-refractivity contribution in [2.75, 3.05) is 26.0 Å². The van der Waals surface area contributed by atoms with Gasteiger partial charge in [-0.25, -0.2) is 0 Å². The molecule has 0 aliphatic rings. The van der Waals surface area contributed by atoms with E-state index >= 15 is 0 Å². The Balaban J connectivity index is 1.90. The molecule has 6 heteroatoms. The Labute approximate surface area is 128 Å². The van der Waals surface area contributed by atoms with Crippen molar-refractivity contribution < 1.29 is 9.53 Å². The predicted octanol–water partition coefficient (Wildman–Crippen LogP) is 2.47. The molecule has 0 bridgehead atoms. The molecule has 1 aromatic carbocycles. The van der Waals surface area contributed by atoms with Gasteiger partial charge in [-0.05, 0) is 42.6 Å². The molecule has 1 amide bonds. The molecule has 0 spiro atoms. The maximum atomic E-state index is 12.2. The molecular weight excluding hydrogens is 286 g/mol. The van der Waals surface area contributed by atoms with Gasteiger partial charge in [0.1, 0.15) is 10.8 Å². The number of nitrogens with zero attached hydrogens (tertiary/aromatic N) is 1. The minimum atomic E-state index is -0.0842. The van der Waals surface area contributed by atoms with Gasteiger partial charge in [-0.2, -0.15) is 4.37 Å². The largest absolute Gasteiger partial charge is 0.497 e. The minimum Gasteiger partial charge on any atom is -0.497 e. The van der Waals surface area contributed by atoms with Crippen LogP contribution in [-0.4, -0.2) is 31.0 Å². The summed E-state index contributed by atoms with van der Waals surface area (Å²) in [5, 5.41) is 6.73. The summed E-state index contributed by atoms with van der Waals surface area (Å²) in [6.45, 7) is 2.43. The molecule has 112 valence electrons. The maximum absolute atomic E-state index is 12.2. The number of rotatable bonds is 6. The standard InChI is InChI=1S/C15H19N3O2S/c1-10-13(15(16-2)21-18-10)14(19)17-9-8-11-4-6-12(20-3)7-5-11/h4-7,16H,8-9H2,1-3H3,(H,17,19). The Hall–Kier alpha value is -2.08. The first-order valence-electron chi connectivity index (χ1n) is 6.71. The number of anilines is 1. The summed E-state index contributed by atoms with van der Waals surface area (Å²) < 4.78 is 9.32. The first-order valence-corrected chi connectivity index (χ1v) is 7.48. The Bertz CT molecular complexity index is 608. The highest BCUT2D eigenvalue weighted by Gasteiger charge is 2.16. The molecule has 2 aromatic rings. The number of hydrogen-bond donors (Lipinski definition) is 2. The Morgan fingerprint density at radius 3 is 2.67 bits per heavy atom. The van der Waals surface area contributed by atoms with Crippen LogP contribution in [0.3, 0.4) is 0 Å². The first-order chi connectivity index (χ1) is 10.2. The van der Waals surface area contributed by atoms with Gasteiger partial charge in [0.05, 0.1) is 18.4 Å². The van der Waals surface area contributed by atoms with Gasteiger partial charge in [0.15, 0.2) is 0 Å². The number of nitrogens with one attached hydrogen (secondary N) is 2. The Kier molecular flexibility index (Phi) is 5.16.